The second-order valence-electron chi connectivity index (χ2n) is 7.57. The summed E-state index contributed by atoms with van der Waals surface area (Å²) >= 11 is 12.4. The third-order valence-corrected chi connectivity index (χ3v) is 7.83. The highest BCUT2D eigenvalue weighted by atomic mass is 35.5. The molecular weight excluding hydrogens is 507 g/mol. The summed E-state index contributed by atoms with van der Waals surface area (Å²) in [5, 5.41) is 4.96. The number of benzene rings is 4. The first-order chi connectivity index (χ1) is 16.9. The van der Waals surface area contributed by atoms with Gasteiger partial charge in [-0.1, -0.05) is 83.9 Å². The van der Waals surface area contributed by atoms with Crippen LogP contribution in [0.15, 0.2) is 95.9 Å². The Balaban J connectivity index is 1.47. The summed E-state index contributed by atoms with van der Waals surface area (Å²) in [7, 11) is -4.09. The van der Waals surface area contributed by atoms with Gasteiger partial charge in [-0.05, 0) is 35.7 Å². The first kappa shape index (κ1) is 24.9. The van der Waals surface area contributed by atoms with Crippen LogP contribution in [0.4, 0.5) is 5.69 Å². The summed E-state index contributed by atoms with van der Waals surface area (Å²) in [6.07, 6.45) is 0. The molecule has 0 aliphatic heterocycles. The zero-order valence-electron chi connectivity index (χ0n) is 18.5. The van der Waals surface area contributed by atoms with Gasteiger partial charge in [0.2, 0.25) is 5.91 Å². The monoisotopic (exact) mass is 528 g/mol. The molecule has 0 radical (unpaired) electrons. The van der Waals surface area contributed by atoms with Crippen molar-refractivity contribution in [3.8, 4) is 5.75 Å². The number of fused-ring (bicyclic) bond motifs is 1. The van der Waals surface area contributed by atoms with E-state index in [1.165, 1.54) is 18.2 Å². The zero-order chi connectivity index (χ0) is 24.8. The van der Waals surface area contributed by atoms with Crippen LogP contribution in [0.5, 0.6) is 5.75 Å². The maximum atomic E-state index is 13.4. The lowest BCUT2D eigenvalue weighted by molar-refractivity contribution is -0.119. The van der Waals surface area contributed by atoms with Crippen LogP contribution in [0.1, 0.15) is 0 Å². The molecule has 0 saturated carbocycles. The number of hydrogen-bond donors (Lipinski definition) is 1. The SMILES string of the molecule is O=C(CN(c1cccc(Cl)c1Cl)S(=O)(=O)c1ccccc1)NCCOc1cccc2ccccc12. The summed E-state index contributed by atoms with van der Waals surface area (Å²) in [5.41, 5.74) is 0.116. The van der Waals surface area contributed by atoms with Crippen molar-refractivity contribution in [3.63, 3.8) is 0 Å². The molecule has 0 aromatic heterocycles. The number of halogens is 2. The Bertz CT molecular complexity index is 1440. The second-order valence-corrected chi connectivity index (χ2v) is 10.2. The standard InChI is InChI=1S/C26H22Cl2N2O4S/c27-22-13-7-14-23(26(22)28)30(35(32,33)20-10-2-1-3-11-20)18-25(31)29-16-17-34-24-15-6-9-19-8-4-5-12-21(19)24/h1-15H,16-18H2,(H,29,31). The molecule has 0 saturated heterocycles. The summed E-state index contributed by atoms with van der Waals surface area (Å²) in [5.74, 6) is 0.193. The van der Waals surface area contributed by atoms with E-state index in [1.54, 1.807) is 30.3 Å². The normalized spacial score (nSPS) is 11.3. The maximum Gasteiger partial charge on any atom is 0.264 e. The fourth-order valence-corrected chi connectivity index (χ4v) is 5.47. The fraction of sp³-hybridized carbons (Fsp3) is 0.115. The van der Waals surface area contributed by atoms with Crippen molar-refractivity contribution in [3.05, 3.63) is 101 Å². The van der Waals surface area contributed by atoms with Crippen molar-refractivity contribution in [2.75, 3.05) is 24.0 Å². The van der Waals surface area contributed by atoms with Gasteiger partial charge in [-0.15, -0.1) is 0 Å². The topological polar surface area (TPSA) is 75.7 Å². The molecule has 35 heavy (non-hydrogen) atoms. The maximum absolute atomic E-state index is 13.4. The number of amides is 1. The Labute approximate surface area is 214 Å². The highest BCUT2D eigenvalue weighted by Gasteiger charge is 2.29. The quantitative estimate of drug-likeness (QED) is 0.289. The van der Waals surface area contributed by atoms with Crippen LogP contribution in [-0.2, 0) is 14.8 Å². The number of ether oxygens (including phenoxy) is 1. The number of nitrogens with one attached hydrogen (secondary N) is 1. The molecule has 0 heterocycles. The minimum Gasteiger partial charge on any atom is -0.491 e. The number of rotatable bonds is 9. The molecule has 180 valence electrons. The zero-order valence-corrected chi connectivity index (χ0v) is 20.9. The van der Waals surface area contributed by atoms with Crippen molar-refractivity contribution < 1.29 is 17.9 Å². The molecule has 1 amide bonds. The molecule has 0 aliphatic rings. The van der Waals surface area contributed by atoms with Gasteiger partial charge in [0.15, 0.2) is 0 Å². The molecule has 0 aliphatic carbocycles. The molecule has 6 nitrogen and oxygen atoms in total. The lowest BCUT2D eigenvalue weighted by Crippen LogP contribution is -2.42. The number of carbonyl (C=O) groups is 1. The van der Waals surface area contributed by atoms with E-state index < -0.39 is 22.5 Å². The fourth-order valence-electron chi connectivity index (χ4n) is 3.56. The van der Waals surface area contributed by atoms with E-state index in [0.717, 1.165) is 15.1 Å². The Kier molecular flexibility index (Phi) is 7.80. The van der Waals surface area contributed by atoms with Crippen LogP contribution < -0.4 is 14.4 Å². The number of hydrogen-bond acceptors (Lipinski definition) is 4. The Morgan fingerprint density at radius 1 is 0.857 bits per heavy atom. The Hall–Kier alpha value is -3.26. The van der Waals surface area contributed by atoms with Crippen LogP contribution in [0.25, 0.3) is 10.8 Å². The van der Waals surface area contributed by atoms with E-state index >= 15 is 0 Å². The van der Waals surface area contributed by atoms with Gasteiger partial charge in [-0.3, -0.25) is 9.10 Å². The molecule has 0 fully saturated rings. The molecule has 0 spiro atoms. The first-order valence-electron chi connectivity index (χ1n) is 10.8. The molecule has 9 heteroatoms. The number of sulfonamides is 1. The van der Waals surface area contributed by atoms with E-state index in [9.17, 15) is 13.2 Å². The van der Waals surface area contributed by atoms with Gasteiger partial charge in [0.1, 0.15) is 18.9 Å². The lowest BCUT2D eigenvalue weighted by Gasteiger charge is -2.25. The minimum atomic E-state index is -4.09. The molecule has 4 aromatic rings. The highest BCUT2D eigenvalue weighted by Crippen LogP contribution is 2.35. The molecule has 4 rings (SSSR count). The van der Waals surface area contributed by atoms with Crippen LogP contribution in [0, 0.1) is 0 Å². The van der Waals surface area contributed by atoms with Crippen molar-refractivity contribution in [2.24, 2.45) is 0 Å². The summed E-state index contributed by atoms with van der Waals surface area (Å²) in [4.78, 5) is 12.8. The van der Waals surface area contributed by atoms with Crippen LogP contribution >= 0.6 is 23.2 Å². The van der Waals surface area contributed by atoms with Gasteiger partial charge in [-0.25, -0.2) is 8.42 Å². The molecule has 4 aromatic carbocycles. The molecule has 0 bridgehead atoms. The Morgan fingerprint density at radius 2 is 1.54 bits per heavy atom. The number of nitrogens with zero attached hydrogens (tertiary/aromatic N) is 1. The molecule has 0 atom stereocenters. The smallest absolute Gasteiger partial charge is 0.264 e. The summed E-state index contributed by atoms with van der Waals surface area (Å²) in [6, 6.07) is 26.0. The van der Waals surface area contributed by atoms with E-state index in [-0.39, 0.29) is 33.8 Å². The van der Waals surface area contributed by atoms with E-state index in [2.05, 4.69) is 5.32 Å². The van der Waals surface area contributed by atoms with Gasteiger partial charge in [0, 0.05) is 5.39 Å². The summed E-state index contributed by atoms with van der Waals surface area (Å²) < 4.78 is 33.6. The lowest BCUT2D eigenvalue weighted by atomic mass is 10.1. The van der Waals surface area contributed by atoms with Crippen LogP contribution in [-0.4, -0.2) is 34.0 Å². The third kappa shape index (κ3) is 5.70. The number of carbonyl (C=O) groups excluding carboxylic acids is 1. The van der Waals surface area contributed by atoms with Crippen LogP contribution in [0.2, 0.25) is 10.0 Å². The molecular formula is C26H22Cl2N2O4S. The van der Waals surface area contributed by atoms with E-state index in [1.807, 2.05) is 42.5 Å². The van der Waals surface area contributed by atoms with Gasteiger partial charge >= 0.3 is 0 Å². The average Bonchev–Trinajstić information content (AvgIpc) is 2.87. The summed E-state index contributed by atoms with van der Waals surface area (Å²) in [6.45, 7) is -0.0841. The van der Waals surface area contributed by atoms with Crippen molar-refractivity contribution >= 4 is 55.6 Å². The van der Waals surface area contributed by atoms with Crippen LogP contribution in [0.3, 0.4) is 0 Å². The van der Waals surface area contributed by atoms with Gasteiger partial charge in [0.05, 0.1) is 27.2 Å². The van der Waals surface area contributed by atoms with Gasteiger partial charge in [0.25, 0.3) is 10.0 Å². The average molecular weight is 529 g/mol. The largest absolute Gasteiger partial charge is 0.491 e. The molecule has 0 unspecified atom stereocenters. The van der Waals surface area contributed by atoms with Gasteiger partial charge < -0.3 is 10.1 Å². The van der Waals surface area contributed by atoms with Crippen molar-refractivity contribution in [1.82, 2.24) is 5.32 Å². The third-order valence-electron chi connectivity index (χ3n) is 5.25. The van der Waals surface area contributed by atoms with Crippen molar-refractivity contribution in [2.45, 2.75) is 4.90 Å². The van der Waals surface area contributed by atoms with E-state index in [4.69, 9.17) is 27.9 Å². The number of anilines is 1. The Morgan fingerprint density at radius 3 is 2.34 bits per heavy atom. The predicted octanol–water partition coefficient (Wildman–Crippen LogP) is 5.54. The highest BCUT2D eigenvalue weighted by molar-refractivity contribution is 7.92. The first-order valence-corrected chi connectivity index (χ1v) is 13.0. The second kappa shape index (κ2) is 11.0. The predicted molar refractivity (Wildman–Crippen MR) is 140 cm³/mol. The molecule has 1 N–H and O–H groups in total. The minimum absolute atomic E-state index is 0.0307. The van der Waals surface area contributed by atoms with E-state index in [0.29, 0.717) is 5.75 Å². The van der Waals surface area contributed by atoms with Crippen molar-refractivity contribution in [1.29, 1.82) is 0 Å². The van der Waals surface area contributed by atoms with Gasteiger partial charge in [-0.2, -0.15) is 0 Å².